The molecule has 1 fully saturated rings. The number of hydrogen-bond donors (Lipinski definition) is 0. The summed E-state index contributed by atoms with van der Waals surface area (Å²) in [4.78, 5) is 12.7. The zero-order valence-corrected chi connectivity index (χ0v) is 21.5. The molecule has 33 heavy (non-hydrogen) atoms. The average Bonchev–Trinajstić information content (AvgIpc) is 2.86. The van der Waals surface area contributed by atoms with Crippen LogP contribution in [0.5, 0.6) is 0 Å². The Morgan fingerprint density at radius 3 is 2.12 bits per heavy atom. The van der Waals surface area contributed by atoms with Crippen LogP contribution >= 0.6 is 0 Å². The molecule has 1 aromatic rings. The summed E-state index contributed by atoms with van der Waals surface area (Å²) >= 11 is 0. The van der Waals surface area contributed by atoms with Crippen LogP contribution in [0.2, 0.25) is 0 Å². The molecule has 1 unspecified atom stereocenters. The highest BCUT2D eigenvalue weighted by Gasteiger charge is 2.24. The summed E-state index contributed by atoms with van der Waals surface area (Å²) in [6, 6.07) is 8.16. The Kier molecular flexibility index (Phi) is 11.6. The molecule has 3 rings (SSSR count). The molecule has 0 aromatic heterocycles. The zero-order chi connectivity index (χ0) is 23.3. The summed E-state index contributed by atoms with van der Waals surface area (Å²) in [5, 5.41) is 0. The number of esters is 1. The van der Waals surface area contributed by atoms with Crippen LogP contribution in [0.25, 0.3) is 5.57 Å². The molecule has 0 saturated heterocycles. The number of benzene rings is 1. The van der Waals surface area contributed by atoms with Crippen LogP contribution in [0.3, 0.4) is 0 Å². The van der Waals surface area contributed by atoms with E-state index in [0.717, 1.165) is 24.7 Å². The Morgan fingerprint density at radius 2 is 1.45 bits per heavy atom. The van der Waals surface area contributed by atoms with Crippen LogP contribution in [0, 0.1) is 11.8 Å². The summed E-state index contributed by atoms with van der Waals surface area (Å²) in [5.41, 5.74) is 3.42. The molecule has 0 bridgehead atoms. The van der Waals surface area contributed by atoms with E-state index >= 15 is 0 Å². The topological polar surface area (TPSA) is 26.3 Å². The average molecular weight is 453 g/mol. The number of ether oxygens (including phenoxy) is 1. The van der Waals surface area contributed by atoms with Crippen molar-refractivity contribution in [3.05, 3.63) is 41.5 Å². The number of rotatable bonds is 13. The van der Waals surface area contributed by atoms with Crippen molar-refractivity contribution in [3.8, 4) is 0 Å². The molecule has 0 amide bonds. The Bertz CT molecular complexity index is 709. The zero-order valence-electron chi connectivity index (χ0n) is 21.5. The number of allylic oxidation sites excluding steroid dienone is 2. The Balaban J connectivity index is 1.36. The van der Waals surface area contributed by atoms with Gasteiger partial charge in [0.15, 0.2) is 0 Å². The first kappa shape index (κ1) is 26.0. The van der Waals surface area contributed by atoms with Crippen molar-refractivity contribution in [1.82, 2.24) is 0 Å². The van der Waals surface area contributed by atoms with Gasteiger partial charge in [0.25, 0.3) is 0 Å². The van der Waals surface area contributed by atoms with Crippen LogP contribution in [0.15, 0.2) is 30.3 Å². The minimum absolute atomic E-state index is 0.110. The van der Waals surface area contributed by atoms with Gasteiger partial charge in [-0.2, -0.15) is 0 Å². The summed E-state index contributed by atoms with van der Waals surface area (Å²) < 4.78 is 5.88. The van der Waals surface area contributed by atoms with E-state index in [1.54, 1.807) is 0 Å². The third-order valence-electron chi connectivity index (χ3n) is 8.01. The molecule has 2 aliphatic rings. The van der Waals surface area contributed by atoms with Gasteiger partial charge in [0.05, 0.1) is 5.56 Å². The fourth-order valence-corrected chi connectivity index (χ4v) is 5.70. The summed E-state index contributed by atoms with van der Waals surface area (Å²) in [6.07, 6.45) is 24.4. The molecule has 184 valence electrons. The van der Waals surface area contributed by atoms with Crippen molar-refractivity contribution in [2.75, 3.05) is 0 Å². The van der Waals surface area contributed by atoms with E-state index in [1.807, 2.05) is 12.1 Å². The molecule has 0 heterocycles. The molecule has 2 heteroatoms. The van der Waals surface area contributed by atoms with Gasteiger partial charge in [0.1, 0.15) is 6.10 Å². The number of unbranched alkanes of at least 4 members (excludes halogenated alkanes) is 6. The van der Waals surface area contributed by atoms with E-state index in [-0.39, 0.29) is 12.1 Å². The van der Waals surface area contributed by atoms with Gasteiger partial charge in [0.2, 0.25) is 0 Å². The first-order valence-electron chi connectivity index (χ1n) is 14.2. The minimum atomic E-state index is -0.141. The lowest BCUT2D eigenvalue weighted by molar-refractivity contribution is 0.0161. The van der Waals surface area contributed by atoms with Crippen molar-refractivity contribution < 1.29 is 9.53 Å². The second kappa shape index (κ2) is 14.6. The summed E-state index contributed by atoms with van der Waals surface area (Å²) in [6.45, 7) is 4.55. The SMILES string of the molecule is CCCCCCCCC1CCC(OC(=O)c2ccc(C3=CCC(CCCC)CC3)cc2)CC1. The molecular weight excluding hydrogens is 404 g/mol. The van der Waals surface area contributed by atoms with Crippen LogP contribution in [0.4, 0.5) is 0 Å². The lowest BCUT2D eigenvalue weighted by Crippen LogP contribution is -2.24. The third-order valence-corrected chi connectivity index (χ3v) is 8.01. The molecule has 1 aromatic carbocycles. The standard InChI is InChI=1S/C31H48O2/c1-3-5-7-8-9-10-12-26-15-23-30(24-16-26)33-31(32)29-21-19-28(20-22-29)27-17-13-25(14-18-27)11-6-4-2/h17,19-22,25-26,30H,3-16,18,23-24H2,1-2H3. The molecule has 0 aliphatic heterocycles. The predicted molar refractivity (Wildman–Crippen MR) is 140 cm³/mol. The molecule has 2 aliphatic carbocycles. The highest BCUT2D eigenvalue weighted by molar-refractivity contribution is 5.90. The van der Waals surface area contributed by atoms with Gasteiger partial charge in [-0.3, -0.25) is 0 Å². The van der Waals surface area contributed by atoms with E-state index in [1.165, 1.54) is 107 Å². The Hall–Kier alpha value is -1.57. The van der Waals surface area contributed by atoms with E-state index in [0.29, 0.717) is 5.56 Å². The summed E-state index contributed by atoms with van der Waals surface area (Å²) in [7, 11) is 0. The van der Waals surface area contributed by atoms with Gasteiger partial charge >= 0.3 is 5.97 Å². The first-order chi connectivity index (χ1) is 16.2. The number of hydrogen-bond acceptors (Lipinski definition) is 2. The van der Waals surface area contributed by atoms with Gasteiger partial charge in [0, 0.05) is 0 Å². The highest BCUT2D eigenvalue weighted by atomic mass is 16.5. The fourth-order valence-electron chi connectivity index (χ4n) is 5.70. The Labute approximate surface area is 203 Å². The van der Waals surface area contributed by atoms with E-state index in [4.69, 9.17) is 4.74 Å². The van der Waals surface area contributed by atoms with Gasteiger partial charge < -0.3 is 4.74 Å². The smallest absolute Gasteiger partial charge is 0.338 e. The quantitative estimate of drug-likeness (QED) is 0.220. The van der Waals surface area contributed by atoms with Crippen molar-refractivity contribution in [2.45, 2.75) is 129 Å². The molecule has 0 radical (unpaired) electrons. The maximum absolute atomic E-state index is 12.7. The maximum Gasteiger partial charge on any atom is 0.338 e. The number of carbonyl (C=O) groups excluding carboxylic acids is 1. The van der Waals surface area contributed by atoms with Crippen molar-refractivity contribution in [1.29, 1.82) is 0 Å². The van der Waals surface area contributed by atoms with E-state index < -0.39 is 0 Å². The van der Waals surface area contributed by atoms with Gasteiger partial charge in [-0.15, -0.1) is 0 Å². The normalized spacial score (nSPS) is 23.2. The fraction of sp³-hybridized carbons (Fsp3) is 0.710. The lowest BCUT2D eigenvalue weighted by Gasteiger charge is -2.28. The first-order valence-corrected chi connectivity index (χ1v) is 14.2. The van der Waals surface area contributed by atoms with E-state index in [2.05, 4.69) is 32.1 Å². The van der Waals surface area contributed by atoms with Gasteiger partial charge in [-0.25, -0.2) is 4.79 Å². The molecular formula is C31H48O2. The van der Waals surface area contributed by atoms with Gasteiger partial charge in [-0.1, -0.05) is 96.3 Å². The highest BCUT2D eigenvalue weighted by Crippen LogP contribution is 2.33. The van der Waals surface area contributed by atoms with Crippen molar-refractivity contribution in [2.24, 2.45) is 11.8 Å². The summed E-state index contributed by atoms with van der Waals surface area (Å²) in [5.74, 6) is 1.57. The van der Waals surface area contributed by atoms with Crippen LogP contribution in [-0.4, -0.2) is 12.1 Å². The second-order valence-corrected chi connectivity index (χ2v) is 10.7. The van der Waals surface area contributed by atoms with Crippen LogP contribution in [-0.2, 0) is 4.74 Å². The third kappa shape index (κ3) is 8.95. The van der Waals surface area contributed by atoms with Crippen LogP contribution < -0.4 is 0 Å². The predicted octanol–water partition coefficient (Wildman–Crippen LogP) is 9.53. The molecule has 1 atom stereocenters. The largest absolute Gasteiger partial charge is 0.459 e. The Morgan fingerprint density at radius 1 is 0.788 bits per heavy atom. The molecule has 0 N–H and O–H groups in total. The van der Waals surface area contributed by atoms with E-state index in [9.17, 15) is 4.79 Å². The lowest BCUT2D eigenvalue weighted by atomic mass is 9.84. The molecule has 1 saturated carbocycles. The van der Waals surface area contributed by atoms with Crippen molar-refractivity contribution >= 4 is 11.5 Å². The monoisotopic (exact) mass is 452 g/mol. The minimum Gasteiger partial charge on any atom is -0.459 e. The number of carbonyl (C=O) groups is 1. The van der Waals surface area contributed by atoms with Crippen molar-refractivity contribution in [3.63, 3.8) is 0 Å². The molecule has 0 spiro atoms. The van der Waals surface area contributed by atoms with Crippen LogP contribution in [0.1, 0.15) is 139 Å². The molecule has 2 nitrogen and oxygen atoms in total. The maximum atomic E-state index is 12.7. The van der Waals surface area contributed by atoms with Gasteiger partial charge in [-0.05, 0) is 80.1 Å². The second-order valence-electron chi connectivity index (χ2n) is 10.7.